The molecular weight excluding hydrogens is 289 g/mol. The lowest BCUT2D eigenvalue weighted by atomic mass is 10.1. The first-order valence-corrected chi connectivity index (χ1v) is 6.41. The minimum Gasteiger partial charge on any atom is -0.480 e. The highest BCUT2D eigenvalue weighted by atomic mass is 35.5. The normalized spacial score (nSPS) is 22.1. The molecule has 0 bridgehead atoms. The number of hydrogen-bond acceptors (Lipinski definition) is 3. The fraction of sp³-hybridized carbons (Fsp3) is 0.385. The molecule has 1 saturated heterocycles. The van der Waals surface area contributed by atoms with E-state index >= 15 is 0 Å². The van der Waals surface area contributed by atoms with Gasteiger partial charge in [-0.05, 0) is 12.1 Å². The molecule has 0 spiro atoms. The van der Waals surface area contributed by atoms with Gasteiger partial charge in [0.1, 0.15) is 11.9 Å². The number of aliphatic hydroxyl groups excluding tert-OH is 1. The van der Waals surface area contributed by atoms with Crippen molar-refractivity contribution in [2.45, 2.75) is 25.0 Å². The van der Waals surface area contributed by atoms with Crippen LogP contribution in [0.15, 0.2) is 18.2 Å². The third kappa shape index (κ3) is 2.91. The number of aliphatic carboxylic acids is 1. The molecule has 1 fully saturated rings. The smallest absolute Gasteiger partial charge is 0.326 e. The van der Waals surface area contributed by atoms with Gasteiger partial charge in [0.15, 0.2) is 0 Å². The van der Waals surface area contributed by atoms with E-state index in [-0.39, 0.29) is 30.0 Å². The molecule has 1 aliphatic heterocycles. The minimum atomic E-state index is -1.19. The fourth-order valence-corrected chi connectivity index (χ4v) is 2.51. The number of carbonyl (C=O) groups excluding carboxylic acids is 1. The number of halogens is 2. The Labute approximate surface area is 119 Å². The molecule has 2 rings (SSSR count). The number of β-amino-alcohol motifs (C(OH)–C–C–N with tert-alkyl or cyclic N) is 1. The first kappa shape index (κ1) is 14.7. The van der Waals surface area contributed by atoms with Crippen molar-refractivity contribution in [2.75, 3.05) is 6.54 Å². The van der Waals surface area contributed by atoms with Crippen LogP contribution in [0.1, 0.15) is 12.0 Å². The molecule has 0 radical (unpaired) electrons. The van der Waals surface area contributed by atoms with Crippen LogP contribution in [0.4, 0.5) is 4.39 Å². The lowest BCUT2D eigenvalue weighted by molar-refractivity contribution is -0.148. The Morgan fingerprint density at radius 1 is 1.45 bits per heavy atom. The summed E-state index contributed by atoms with van der Waals surface area (Å²) in [5.41, 5.74) is 0.0321. The number of aliphatic hydroxyl groups is 1. The largest absolute Gasteiger partial charge is 0.480 e. The van der Waals surface area contributed by atoms with Crippen LogP contribution < -0.4 is 0 Å². The Bertz CT molecular complexity index is 531. The molecule has 1 aromatic rings. The van der Waals surface area contributed by atoms with E-state index in [4.69, 9.17) is 16.7 Å². The van der Waals surface area contributed by atoms with Crippen molar-refractivity contribution in [3.63, 3.8) is 0 Å². The zero-order valence-corrected chi connectivity index (χ0v) is 11.2. The standard InChI is InChI=1S/C13H13ClFNO4/c14-9-2-1-3-10(15)8(9)5-12(18)16-6-7(17)4-11(16)13(19)20/h1-3,7,11,17H,4-6H2,(H,19,20)/t7?,11-/m0/s1. The Kier molecular flexibility index (Phi) is 4.25. The summed E-state index contributed by atoms with van der Waals surface area (Å²) in [6.07, 6.45) is -1.23. The molecule has 0 aromatic heterocycles. The van der Waals surface area contributed by atoms with Gasteiger partial charge < -0.3 is 15.1 Å². The summed E-state index contributed by atoms with van der Waals surface area (Å²) in [5.74, 6) is -2.37. The number of rotatable bonds is 3. The number of carbonyl (C=O) groups is 2. The molecule has 2 atom stereocenters. The molecule has 1 amide bonds. The molecule has 1 unspecified atom stereocenters. The van der Waals surface area contributed by atoms with Crippen LogP contribution in [0.25, 0.3) is 0 Å². The number of hydrogen-bond donors (Lipinski definition) is 2. The third-order valence-corrected chi connectivity index (χ3v) is 3.63. The first-order chi connectivity index (χ1) is 9.40. The molecule has 1 aromatic carbocycles. The summed E-state index contributed by atoms with van der Waals surface area (Å²) in [6.45, 7) is -0.0676. The SMILES string of the molecule is O=C(O)[C@@H]1CC(O)CN1C(=O)Cc1c(F)cccc1Cl. The molecule has 2 N–H and O–H groups in total. The highest BCUT2D eigenvalue weighted by Gasteiger charge is 2.38. The number of likely N-dealkylation sites (tertiary alicyclic amines) is 1. The van der Waals surface area contributed by atoms with E-state index in [1.165, 1.54) is 18.2 Å². The van der Waals surface area contributed by atoms with E-state index < -0.39 is 29.8 Å². The van der Waals surface area contributed by atoms with Crippen molar-refractivity contribution < 1.29 is 24.2 Å². The second-order valence-corrected chi connectivity index (χ2v) is 5.07. The molecule has 0 aliphatic carbocycles. The van der Waals surface area contributed by atoms with Gasteiger partial charge in [-0.15, -0.1) is 0 Å². The maximum atomic E-state index is 13.6. The predicted molar refractivity (Wildman–Crippen MR) is 68.9 cm³/mol. The van der Waals surface area contributed by atoms with E-state index in [0.29, 0.717) is 0 Å². The molecule has 0 saturated carbocycles. The number of nitrogens with zero attached hydrogens (tertiary/aromatic N) is 1. The van der Waals surface area contributed by atoms with E-state index in [2.05, 4.69) is 0 Å². The van der Waals surface area contributed by atoms with Crippen molar-refractivity contribution in [1.29, 1.82) is 0 Å². The number of carboxylic acid groups (broad SMARTS) is 1. The Morgan fingerprint density at radius 2 is 2.15 bits per heavy atom. The number of benzene rings is 1. The van der Waals surface area contributed by atoms with Crippen LogP contribution in [0.3, 0.4) is 0 Å². The third-order valence-electron chi connectivity index (χ3n) is 3.27. The van der Waals surface area contributed by atoms with Crippen molar-refractivity contribution in [3.05, 3.63) is 34.6 Å². The fourth-order valence-electron chi connectivity index (χ4n) is 2.28. The molecule has 7 heteroatoms. The van der Waals surface area contributed by atoms with Crippen LogP contribution >= 0.6 is 11.6 Å². The summed E-state index contributed by atoms with van der Waals surface area (Å²) in [7, 11) is 0. The average molecular weight is 302 g/mol. The number of carboxylic acids is 1. The van der Waals surface area contributed by atoms with Crippen molar-refractivity contribution in [2.24, 2.45) is 0 Å². The minimum absolute atomic E-state index is 0.0217. The first-order valence-electron chi connectivity index (χ1n) is 6.03. The summed E-state index contributed by atoms with van der Waals surface area (Å²) in [5, 5.41) is 18.6. The van der Waals surface area contributed by atoms with Crippen molar-refractivity contribution >= 4 is 23.5 Å². The predicted octanol–water partition coefficient (Wildman–Crippen LogP) is 1.07. The lowest BCUT2D eigenvalue weighted by Gasteiger charge is -2.21. The van der Waals surface area contributed by atoms with E-state index in [0.717, 1.165) is 4.90 Å². The summed E-state index contributed by atoms with van der Waals surface area (Å²) in [4.78, 5) is 24.2. The second-order valence-electron chi connectivity index (χ2n) is 4.67. The van der Waals surface area contributed by atoms with Crippen LogP contribution in [0, 0.1) is 5.82 Å². The molecule has 108 valence electrons. The maximum absolute atomic E-state index is 13.6. The van der Waals surface area contributed by atoms with Gasteiger partial charge in [0.2, 0.25) is 5.91 Å². The van der Waals surface area contributed by atoms with E-state index in [9.17, 15) is 19.1 Å². The summed E-state index contributed by atoms with van der Waals surface area (Å²) >= 11 is 5.83. The van der Waals surface area contributed by atoms with E-state index in [1.807, 2.05) is 0 Å². The Balaban J connectivity index is 2.18. The maximum Gasteiger partial charge on any atom is 0.326 e. The Morgan fingerprint density at radius 3 is 2.75 bits per heavy atom. The van der Waals surface area contributed by atoms with Gasteiger partial charge in [-0.2, -0.15) is 0 Å². The molecular formula is C13H13ClFNO4. The van der Waals surface area contributed by atoms with Gasteiger partial charge in [0.05, 0.1) is 12.5 Å². The molecule has 20 heavy (non-hydrogen) atoms. The molecule has 1 heterocycles. The van der Waals surface area contributed by atoms with Crippen molar-refractivity contribution in [3.8, 4) is 0 Å². The van der Waals surface area contributed by atoms with Crippen LogP contribution in [0.2, 0.25) is 5.02 Å². The lowest BCUT2D eigenvalue weighted by Crippen LogP contribution is -2.41. The summed E-state index contributed by atoms with van der Waals surface area (Å²) < 4.78 is 13.6. The second kappa shape index (κ2) is 5.76. The monoisotopic (exact) mass is 301 g/mol. The zero-order valence-electron chi connectivity index (χ0n) is 10.4. The van der Waals surface area contributed by atoms with Gasteiger partial charge >= 0.3 is 5.97 Å². The highest BCUT2D eigenvalue weighted by molar-refractivity contribution is 6.31. The number of amides is 1. The van der Waals surface area contributed by atoms with Gasteiger partial charge in [-0.1, -0.05) is 17.7 Å². The summed E-state index contributed by atoms with van der Waals surface area (Å²) in [6, 6.07) is 2.98. The van der Waals surface area contributed by atoms with Gasteiger partial charge in [0, 0.05) is 23.6 Å². The van der Waals surface area contributed by atoms with Crippen molar-refractivity contribution in [1.82, 2.24) is 4.90 Å². The topological polar surface area (TPSA) is 77.8 Å². The van der Waals surface area contributed by atoms with E-state index in [1.54, 1.807) is 0 Å². The van der Waals surface area contributed by atoms with Gasteiger partial charge in [0.25, 0.3) is 0 Å². The average Bonchev–Trinajstić information content (AvgIpc) is 2.76. The van der Waals surface area contributed by atoms with Gasteiger partial charge in [-0.25, -0.2) is 9.18 Å². The Hall–Kier alpha value is -1.66. The van der Waals surface area contributed by atoms with Crippen LogP contribution in [0.5, 0.6) is 0 Å². The highest BCUT2D eigenvalue weighted by Crippen LogP contribution is 2.23. The zero-order chi connectivity index (χ0) is 14.9. The van der Waals surface area contributed by atoms with Crippen LogP contribution in [-0.4, -0.2) is 45.7 Å². The van der Waals surface area contributed by atoms with Gasteiger partial charge in [-0.3, -0.25) is 4.79 Å². The molecule has 5 nitrogen and oxygen atoms in total. The molecule has 1 aliphatic rings. The van der Waals surface area contributed by atoms with Crippen LogP contribution in [-0.2, 0) is 16.0 Å². The quantitative estimate of drug-likeness (QED) is 0.875.